The largest absolute Gasteiger partial charge is 0.478 e. The lowest BCUT2D eigenvalue weighted by Gasteiger charge is -2.22. The summed E-state index contributed by atoms with van der Waals surface area (Å²) >= 11 is 0. The summed E-state index contributed by atoms with van der Waals surface area (Å²) in [5.41, 5.74) is 7.44. The number of aliphatic hydroxyl groups is 1. The molecule has 0 bridgehead atoms. The van der Waals surface area contributed by atoms with Crippen LogP contribution in [0.2, 0.25) is 0 Å². The van der Waals surface area contributed by atoms with E-state index >= 15 is 0 Å². The quantitative estimate of drug-likeness (QED) is 0.598. The van der Waals surface area contributed by atoms with Crippen LogP contribution < -0.4 is 11.1 Å². The average molecular weight is 252 g/mol. The highest BCUT2D eigenvalue weighted by molar-refractivity contribution is 5.95. The maximum atomic E-state index is 11.1. The first-order valence-corrected chi connectivity index (χ1v) is 5.87. The van der Waals surface area contributed by atoms with Crippen molar-refractivity contribution in [2.75, 3.05) is 17.7 Å². The molecule has 0 spiro atoms. The number of carboxylic acids is 1. The van der Waals surface area contributed by atoms with Crippen LogP contribution >= 0.6 is 0 Å². The molecule has 0 saturated heterocycles. The Morgan fingerprint density at radius 1 is 1.44 bits per heavy atom. The van der Waals surface area contributed by atoms with Crippen molar-refractivity contribution in [1.82, 2.24) is 0 Å². The summed E-state index contributed by atoms with van der Waals surface area (Å²) in [6.45, 7) is 5.71. The summed E-state index contributed by atoms with van der Waals surface area (Å²) in [6, 6.07) is 3.16. The third-order valence-electron chi connectivity index (χ3n) is 2.97. The summed E-state index contributed by atoms with van der Waals surface area (Å²) in [4.78, 5) is 11.1. The van der Waals surface area contributed by atoms with Crippen LogP contribution in [-0.4, -0.2) is 28.8 Å². The van der Waals surface area contributed by atoms with Crippen molar-refractivity contribution in [2.24, 2.45) is 5.92 Å². The van der Waals surface area contributed by atoms with Crippen LogP contribution in [0.3, 0.4) is 0 Å². The maximum Gasteiger partial charge on any atom is 0.337 e. The van der Waals surface area contributed by atoms with Crippen molar-refractivity contribution in [3.05, 3.63) is 23.3 Å². The number of carbonyl (C=O) groups is 1. The molecular weight excluding hydrogens is 232 g/mol. The van der Waals surface area contributed by atoms with Crippen LogP contribution in [-0.2, 0) is 0 Å². The molecule has 1 rings (SSSR count). The van der Waals surface area contributed by atoms with Crippen LogP contribution in [0.15, 0.2) is 12.1 Å². The molecule has 0 saturated carbocycles. The molecule has 1 atom stereocenters. The molecule has 0 aliphatic carbocycles. The Morgan fingerprint density at radius 3 is 2.50 bits per heavy atom. The van der Waals surface area contributed by atoms with E-state index in [4.69, 9.17) is 10.8 Å². The summed E-state index contributed by atoms with van der Waals surface area (Å²) in [7, 11) is 0. The van der Waals surface area contributed by atoms with Crippen LogP contribution in [0, 0.1) is 12.8 Å². The molecule has 1 aromatic carbocycles. The first-order chi connectivity index (χ1) is 8.36. The number of nitrogens with two attached hydrogens (primary N) is 1. The lowest BCUT2D eigenvalue weighted by molar-refractivity contribution is 0.0698. The van der Waals surface area contributed by atoms with E-state index in [0.717, 1.165) is 0 Å². The fourth-order valence-electron chi connectivity index (χ4n) is 1.70. The third-order valence-corrected chi connectivity index (χ3v) is 2.97. The van der Waals surface area contributed by atoms with E-state index in [0.29, 0.717) is 11.3 Å². The molecule has 5 nitrogen and oxygen atoms in total. The van der Waals surface area contributed by atoms with E-state index in [2.05, 4.69) is 5.32 Å². The minimum absolute atomic E-state index is 0.0104. The van der Waals surface area contributed by atoms with Crippen LogP contribution in [0.25, 0.3) is 0 Å². The van der Waals surface area contributed by atoms with Crippen molar-refractivity contribution in [1.29, 1.82) is 0 Å². The van der Waals surface area contributed by atoms with Crippen LogP contribution in [0.5, 0.6) is 0 Å². The maximum absolute atomic E-state index is 11.1. The monoisotopic (exact) mass is 252 g/mol. The van der Waals surface area contributed by atoms with Gasteiger partial charge in [-0.2, -0.15) is 0 Å². The average Bonchev–Trinajstić information content (AvgIpc) is 2.29. The van der Waals surface area contributed by atoms with Crippen LogP contribution in [0.1, 0.15) is 29.8 Å². The standard InChI is InChI=1S/C13H20N2O3/c1-7(2)11(6-16)15-9-4-8(3)12(14)10(5-9)13(17)18/h4-5,7,11,15-16H,6,14H2,1-3H3,(H,17,18)/t11-/m1/s1. The molecule has 0 fully saturated rings. The fraction of sp³-hybridized carbons (Fsp3) is 0.462. The molecule has 0 heterocycles. The molecule has 5 heteroatoms. The summed E-state index contributed by atoms with van der Waals surface area (Å²) < 4.78 is 0. The van der Waals surface area contributed by atoms with E-state index in [1.54, 1.807) is 13.0 Å². The molecule has 1 aromatic rings. The lowest BCUT2D eigenvalue weighted by Crippen LogP contribution is -2.29. The fourth-order valence-corrected chi connectivity index (χ4v) is 1.70. The Bertz CT molecular complexity index is 444. The predicted molar refractivity (Wildman–Crippen MR) is 71.9 cm³/mol. The first-order valence-electron chi connectivity index (χ1n) is 5.87. The van der Waals surface area contributed by atoms with Gasteiger partial charge in [0.1, 0.15) is 0 Å². The molecule has 0 amide bonds. The van der Waals surface area contributed by atoms with Gasteiger partial charge in [-0.15, -0.1) is 0 Å². The molecule has 0 aliphatic heterocycles. The molecule has 0 radical (unpaired) electrons. The molecular formula is C13H20N2O3. The number of aliphatic hydroxyl groups excluding tert-OH is 1. The van der Waals surface area contributed by atoms with Gasteiger partial charge in [0, 0.05) is 11.4 Å². The van der Waals surface area contributed by atoms with Gasteiger partial charge in [0.2, 0.25) is 0 Å². The zero-order chi connectivity index (χ0) is 13.9. The Morgan fingerprint density at radius 2 is 2.06 bits per heavy atom. The zero-order valence-electron chi connectivity index (χ0n) is 10.9. The Hall–Kier alpha value is -1.75. The van der Waals surface area contributed by atoms with Crippen LogP contribution in [0.4, 0.5) is 11.4 Å². The summed E-state index contributed by atoms with van der Waals surface area (Å²) in [5, 5.41) is 21.4. The molecule has 0 unspecified atom stereocenters. The molecule has 5 N–H and O–H groups in total. The van der Waals surface area contributed by atoms with Gasteiger partial charge in [-0.3, -0.25) is 0 Å². The molecule has 18 heavy (non-hydrogen) atoms. The van der Waals surface area contributed by atoms with Gasteiger partial charge in [0.05, 0.1) is 18.2 Å². The zero-order valence-corrected chi connectivity index (χ0v) is 10.9. The van der Waals surface area contributed by atoms with E-state index in [1.165, 1.54) is 6.07 Å². The van der Waals surface area contributed by atoms with Gasteiger partial charge in [-0.05, 0) is 30.5 Å². The van der Waals surface area contributed by atoms with Crippen molar-refractivity contribution < 1.29 is 15.0 Å². The van der Waals surface area contributed by atoms with Crippen molar-refractivity contribution >= 4 is 17.3 Å². The van der Waals surface area contributed by atoms with Gasteiger partial charge in [0.15, 0.2) is 0 Å². The number of rotatable bonds is 5. The number of hydrogen-bond donors (Lipinski definition) is 4. The number of nitrogen functional groups attached to an aromatic ring is 1. The highest BCUT2D eigenvalue weighted by Crippen LogP contribution is 2.24. The van der Waals surface area contributed by atoms with Crippen molar-refractivity contribution in [3.8, 4) is 0 Å². The Balaban J connectivity index is 3.07. The third kappa shape index (κ3) is 3.13. The van der Waals surface area contributed by atoms with Gasteiger partial charge in [-0.1, -0.05) is 13.8 Å². The topological polar surface area (TPSA) is 95.6 Å². The van der Waals surface area contributed by atoms with Gasteiger partial charge >= 0.3 is 5.97 Å². The minimum atomic E-state index is -1.05. The van der Waals surface area contributed by atoms with Crippen molar-refractivity contribution in [3.63, 3.8) is 0 Å². The SMILES string of the molecule is Cc1cc(N[C@H](CO)C(C)C)cc(C(=O)O)c1N. The van der Waals surface area contributed by atoms with Crippen molar-refractivity contribution in [2.45, 2.75) is 26.8 Å². The van der Waals surface area contributed by atoms with E-state index in [1.807, 2.05) is 13.8 Å². The number of nitrogens with one attached hydrogen (secondary N) is 1. The molecule has 0 aliphatic rings. The highest BCUT2D eigenvalue weighted by Gasteiger charge is 2.15. The summed E-state index contributed by atoms with van der Waals surface area (Å²) in [5.74, 6) is -0.814. The van der Waals surface area contributed by atoms with E-state index in [9.17, 15) is 9.90 Å². The highest BCUT2D eigenvalue weighted by atomic mass is 16.4. The Labute approximate surface area is 107 Å². The van der Waals surface area contributed by atoms with E-state index in [-0.39, 0.29) is 29.8 Å². The van der Waals surface area contributed by atoms with Gasteiger partial charge in [0.25, 0.3) is 0 Å². The van der Waals surface area contributed by atoms with Gasteiger partial charge < -0.3 is 21.3 Å². The Kier molecular flexibility index (Phi) is 4.55. The molecule has 0 aromatic heterocycles. The molecule has 100 valence electrons. The predicted octanol–water partition coefficient (Wildman–Crippen LogP) is 1.70. The second kappa shape index (κ2) is 5.73. The van der Waals surface area contributed by atoms with E-state index < -0.39 is 5.97 Å². The second-order valence-electron chi connectivity index (χ2n) is 4.74. The number of anilines is 2. The number of hydrogen-bond acceptors (Lipinski definition) is 4. The number of aryl methyl sites for hydroxylation is 1. The number of benzene rings is 1. The van der Waals surface area contributed by atoms with Gasteiger partial charge in [-0.25, -0.2) is 4.79 Å². The minimum Gasteiger partial charge on any atom is -0.478 e. The second-order valence-corrected chi connectivity index (χ2v) is 4.74. The summed E-state index contributed by atoms with van der Waals surface area (Å²) in [6.07, 6.45) is 0. The number of aromatic carboxylic acids is 1. The lowest BCUT2D eigenvalue weighted by atomic mass is 10.0. The number of carboxylic acid groups (broad SMARTS) is 1. The normalized spacial score (nSPS) is 12.5. The first kappa shape index (κ1) is 14.3. The smallest absolute Gasteiger partial charge is 0.337 e.